The predicted molar refractivity (Wildman–Crippen MR) is 165 cm³/mol. The maximum atomic E-state index is 13.9. The fraction of sp³-hybridized carbons (Fsp3) is 0.343. The second-order valence-electron chi connectivity index (χ2n) is 12.6. The molecule has 2 aliphatic carbocycles. The fourth-order valence-corrected chi connectivity index (χ4v) is 7.46. The Hall–Kier alpha value is -4.99. The molecule has 5 N–H and O–H groups in total. The number of phenols is 2. The molecule has 2 aliphatic heterocycles. The number of carbonyl (C=O) groups excluding carboxylic acids is 5. The summed E-state index contributed by atoms with van der Waals surface area (Å²) in [5, 5.41) is 55.6. The zero-order chi connectivity index (χ0) is 35.1. The van der Waals surface area contributed by atoms with Crippen LogP contribution in [-0.2, 0) is 20.7 Å². The van der Waals surface area contributed by atoms with E-state index in [1.807, 2.05) is 0 Å². The molecular formula is C35H31NO13. The molecule has 0 spiro atoms. The van der Waals surface area contributed by atoms with Crippen molar-refractivity contribution in [2.45, 2.75) is 62.4 Å². The monoisotopic (exact) mass is 673 g/mol. The number of rotatable bonds is 6. The predicted octanol–water partition coefficient (Wildman–Crippen LogP) is 1.34. The molecule has 2 amide bonds. The van der Waals surface area contributed by atoms with Crippen molar-refractivity contribution in [3.05, 3.63) is 87.0 Å². The largest absolute Gasteiger partial charge is 0.507 e. The number of aliphatic hydroxyl groups is 3. The molecule has 4 aliphatic rings. The first-order chi connectivity index (χ1) is 23.3. The van der Waals surface area contributed by atoms with E-state index in [2.05, 4.69) is 0 Å². The molecule has 6 atom stereocenters. The number of benzene rings is 3. The molecule has 3 aromatic carbocycles. The zero-order valence-corrected chi connectivity index (χ0v) is 26.2. The van der Waals surface area contributed by atoms with E-state index in [0.29, 0.717) is 0 Å². The van der Waals surface area contributed by atoms with E-state index in [1.54, 1.807) is 12.1 Å². The van der Waals surface area contributed by atoms with Gasteiger partial charge in [-0.05, 0) is 25.1 Å². The van der Waals surface area contributed by atoms with Crippen LogP contribution in [0, 0.1) is 0 Å². The lowest BCUT2D eigenvalue weighted by atomic mass is 9.72. The summed E-state index contributed by atoms with van der Waals surface area (Å²) in [6.45, 7) is 0.395. The van der Waals surface area contributed by atoms with Crippen molar-refractivity contribution in [2.75, 3.05) is 13.7 Å². The third kappa shape index (κ3) is 4.70. The summed E-state index contributed by atoms with van der Waals surface area (Å²) in [6.07, 6.45) is -6.74. The van der Waals surface area contributed by atoms with Crippen molar-refractivity contribution in [3.8, 4) is 17.2 Å². The van der Waals surface area contributed by atoms with Crippen LogP contribution in [0.3, 0.4) is 0 Å². The Balaban J connectivity index is 1.31. The number of ketones is 3. The molecule has 0 bridgehead atoms. The summed E-state index contributed by atoms with van der Waals surface area (Å²) in [7, 11) is 1.30. The highest BCUT2D eigenvalue weighted by Crippen LogP contribution is 2.52. The normalized spacial score (nSPS) is 27.4. The fourth-order valence-electron chi connectivity index (χ4n) is 7.46. The number of hydrogen-bond donors (Lipinski definition) is 5. The number of phenolic OH excluding ortho intramolecular Hbond substituents is 2. The molecule has 7 rings (SSSR count). The highest BCUT2D eigenvalue weighted by molar-refractivity contribution is 6.31. The number of aliphatic hydroxyl groups excluding tert-OH is 2. The van der Waals surface area contributed by atoms with Gasteiger partial charge < -0.3 is 39.7 Å². The topological polar surface area (TPSA) is 217 Å². The number of fused-ring (bicyclic) bond motifs is 4. The van der Waals surface area contributed by atoms with Crippen LogP contribution < -0.4 is 4.74 Å². The van der Waals surface area contributed by atoms with Gasteiger partial charge in [0.05, 0.1) is 53.2 Å². The van der Waals surface area contributed by atoms with E-state index >= 15 is 0 Å². The molecule has 0 aromatic heterocycles. The van der Waals surface area contributed by atoms with Gasteiger partial charge in [-0.15, -0.1) is 0 Å². The standard InChI is InChI=1S/C35H31NO13/c1-14-28(39)19(36-33(44)15-6-3-4-7-16(15)34(36)45)10-23(48-14)49-21-12-35(46,22(38)13-37)11-18-25(21)32(43)27-26(30(18)41)29(40)17-8-5-9-20(47-2)24(17)31(27)42/h3-9,14,19,21,23,28,37,39,41,43,46H,10-13H2,1-2H3/t14-,19-,21-,23-,28+,35-/m0/s1. The van der Waals surface area contributed by atoms with Crippen molar-refractivity contribution in [1.29, 1.82) is 0 Å². The van der Waals surface area contributed by atoms with Crippen LogP contribution in [0.25, 0.3) is 0 Å². The van der Waals surface area contributed by atoms with Crippen LogP contribution in [0.1, 0.15) is 89.6 Å². The molecule has 14 nitrogen and oxygen atoms in total. The molecule has 1 saturated heterocycles. The van der Waals surface area contributed by atoms with Crippen molar-refractivity contribution in [3.63, 3.8) is 0 Å². The highest BCUT2D eigenvalue weighted by atomic mass is 16.7. The Morgan fingerprint density at radius 2 is 1.57 bits per heavy atom. The number of carbonyl (C=O) groups is 5. The molecule has 14 heteroatoms. The molecule has 1 fully saturated rings. The van der Waals surface area contributed by atoms with Crippen LogP contribution in [0.2, 0.25) is 0 Å². The van der Waals surface area contributed by atoms with E-state index in [0.717, 1.165) is 4.90 Å². The molecule has 0 unspecified atom stereocenters. The highest BCUT2D eigenvalue weighted by Gasteiger charge is 2.52. The number of hydrogen-bond acceptors (Lipinski definition) is 13. The van der Waals surface area contributed by atoms with Crippen molar-refractivity contribution < 1.29 is 63.7 Å². The number of aromatic hydroxyl groups is 2. The average Bonchev–Trinajstić information content (AvgIpc) is 3.34. The number of ether oxygens (including phenoxy) is 3. The Morgan fingerprint density at radius 1 is 0.939 bits per heavy atom. The lowest BCUT2D eigenvalue weighted by Gasteiger charge is -2.44. The molecule has 3 aromatic rings. The van der Waals surface area contributed by atoms with Crippen molar-refractivity contribution in [2.24, 2.45) is 0 Å². The van der Waals surface area contributed by atoms with Crippen LogP contribution in [0.4, 0.5) is 0 Å². The van der Waals surface area contributed by atoms with E-state index in [-0.39, 0.29) is 45.6 Å². The summed E-state index contributed by atoms with van der Waals surface area (Å²) >= 11 is 0. The molecule has 49 heavy (non-hydrogen) atoms. The molecule has 254 valence electrons. The molecular weight excluding hydrogens is 642 g/mol. The third-order valence-corrected chi connectivity index (χ3v) is 9.89. The van der Waals surface area contributed by atoms with Gasteiger partial charge in [0.1, 0.15) is 35.6 Å². The SMILES string of the molecule is COc1cccc2c1C(=O)c1c(O)c3c(c(O)c1C2=O)C[C@@](O)(C(=O)CO)C[C@@H]3O[C@H]1C[C@H](N2C(=O)c3ccccc3C2=O)[C@H](O)[C@H](C)O1. The van der Waals surface area contributed by atoms with Gasteiger partial charge in [-0.2, -0.15) is 0 Å². The second-order valence-corrected chi connectivity index (χ2v) is 12.6. The van der Waals surface area contributed by atoms with Crippen LogP contribution in [-0.4, -0.2) is 103 Å². The maximum absolute atomic E-state index is 13.9. The van der Waals surface area contributed by atoms with Crippen molar-refractivity contribution >= 4 is 29.2 Å². The minimum atomic E-state index is -2.37. The second kappa shape index (κ2) is 11.6. The summed E-state index contributed by atoms with van der Waals surface area (Å²) < 4.78 is 17.4. The van der Waals surface area contributed by atoms with Crippen LogP contribution in [0.15, 0.2) is 42.5 Å². The number of Topliss-reactive ketones (excluding diaryl/α,β-unsaturated/α-hetero) is 1. The first-order valence-electron chi connectivity index (χ1n) is 15.5. The van der Waals surface area contributed by atoms with Gasteiger partial charge in [-0.1, -0.05) is 24.3 Å². The Labute approximate surface area is 278 Å². The molecule has 0 saturated carbocycles. The first-order valence-corrected chi connectivity index (χ1v) is 15.5. The van der Waals surface area contributed by atoms with E-state index in [9.17, 15) is 49.5 Å². The number of imide groups is 1. The van der Waals surface area contributed by atoms with Gasteiger partial charge in [0, 0.05) is 36.0 Å². The summed E-state index contributed by atoms with van der Waals surface area (Å²) in [5.41, 5.74) is -3.86. The van der Waals surface area contributed by atoms with Crippen LogP contribution in [0.5, 0.6) is 17.2 Å². The number of methoxy groups -OCH3 is 1. The quantitative estimate of drug-likeness (QED) is 0.144. The molecule has 2 heterocycles. The van der Waals surface area contributed by atoms with Gasteiger partial charge in [0.25, 0.3) is 11.8 Å². The Morgan fingerprint density at radius 3 is 2.20 bits per heavy atom. The van der Waals surface area contributed by atoms with Crippen LogP contribution >= 0.6 is 0 Å². The zero-order valence-electron chi connectivity index (χ0n) is 26.2. The Kier molecular flexibility index (Phi) is 7.68. The van der Waals surface area contributed by atoms with E-state index < -0.39 is 107 Å². The summed E-state index contributed by atoms with van der Waals surface area (Å²) in [4.78, 5) is 68.0. The smallest absolute Gasteiger partial charge is 0.261 e. The van der Waals surface area contributed by atoms with E-state index in [4.69, 9.17) is 14.2 Å². The minimum Gasteiger partial charge on any atom is -0.507 e. The summed E-state index contributed by atoms with van der Waals surface area (Å²) in [6, 6.07) is 9.34. The maximum Gasteiger partial charge on any atom is 0.261 e. The number of amides is 2. The minimum absolute atomic E-state index is 0.0520. The van der Waals surface area contributed by atoms with E-state index in [1.165, 1.54) is 44.4 Å². The Bertz CT molecular complexity index is 1950. The van der Waals surface area contributed by atoms with Gasteiger partial charge in [0.2, 0.25) is 5.78 Å². The van der Waals surface area contributed by atoms with Crippen molar-refractivity contribution in [1.82, 2.24) is 4.90 Å². The lowest BCUT2D eigenvalue weighted by Crippen LogP contribution is -2.57. The first kappa shape index (κ1) is 32.6. The lowest BCUT2D eigenvalue weighted by molar-refractivity contribution is -0.254. The molecule has 0 radical (unpaired) electrons. The van der Waals surface area contributed by atoms with Gasteiger partial charge in [0.15, 0.2) is 17.9 Å². The third-order valence-electron chi connectivity index (χ3n) is 9.89. The average molecular weight is 674 g/mol. The van der Waals surface area contributed by atoms with Gasteiger partial charge >= 0.3 is 0 Å². The summed E-state index contributed by atoms with van der Waals surface area (Å²) in [5.74, 6) is -5.42. The number of nitrogens with zero attached hydrogens (tertiary/aromatic N) is 1. The van der Waals surface area contributed by atoms with Gasteiger partial charge in [-0.3, -0.25) is 28.9 Å². The van der Waals surface area contributed by atoms with Gasteiger partial charge in [-0.25, -0.2) is 0 Å².